The van der Waals surface area contributed by atoms with Gasteiger partial charge in [0.1, 0.15) is 12.1 Å². The number of fused-ring (bicyclic) bond motifs is 1. The molecular weight excluding hydrogens is 437 g/mol. The van der Waals surface area contributed by atoms with Crippen molar-refractivity contribution in [3.8, 4) is 5.75 Å². The monoisotopic (exact) mass is 459 g/mol. The number of nitrogens with two attached hydrogens (primary N) is 1. The molecule has 0 aliphatic rings. The molecule has 0 fully saturated rings. The molecule has 2 amide bonds. The number of hydrogen-bond donors (Lipinski definition) is 3. The number of benzene rings is 3. The maximum Gasteiger partial charge on any atom is 0.255 e. The van der Waals surface area contributed by atoms with E-state index in [9.17, 15) is 14.0 Å². The number of anilines is 2. The Bertz CT molecular complexity index is 1390. The SMILES string of the molecule is COc1ccc(C(=O)Nc2cccc([C@H](C)Nc3ncnc4c(C(N)=O)cccc34)c2)cc1F. The zero-order valence-electron chi connectivity index (χ0n) is 18.5. The van der Waals surface area contributed by atoms with Crippen molar-refractivity contribution in [2.45, 2.75) is 13.0 Å². The Hall–Kier alpha value is -4.53. The Morgan fingerprint density at radius 2 is 1.85 bits per heavy atom. The quantitative estimate of drug-likeness (QED) is 0.379. The highest BCUT2D eigenvalue weighted by Crippen LogP contribution is 2.27. The molecular formula is C25H22FN5O3. The van der Waals surface area contributed by atoms with Gasteiger partial charge in [-0.3, -0.25) is 9.59 Å². The van der Waals surface area contributed by atoms with Crippen molar-refractivity contribution in [3.63, 3.8) is 0 Å². The molecule has 3 aromatic carbocycles. The molecule has 0 unspecified atom stereocenters. The fraction of sp³-hybridized carbons (Fsp3) is 0.120. The van der Waals surface area contributed by atoms with Crippen molar-refractivity contribution in [1.29, 1.82) is 0 Å². The van der Waals surface area contributed by atoms with Crippen LogP contribution in [-0.4, -0.2) is 28.9 Å². The predicted molar refractivity (Wildman–Crippen MR) is 127 cm³/mol. The molecule has 8 nitrogen and oxygen atoms in total. The first kappa shape index (κ1) is 22.7. The molecule has 0 radical (unpaired) electrons. The molecule has 1 heterocycles. The van der Waals surface area contributed by atoms with Gasteiger partial charge in [-0.15, -0.1) is 0 Å². The van der Waals surface area contributed by atoms with Crippen LogP contribution in [-0.2, 0) is 0 Å². The van der Waals surface area contributed by atoms with Gasteiger partial charge < -0.3 is 21.1 Å². The lowest BCUT2D eigenvalue weighted by Crippen LogP contribution is -2.14. The van der Waals surface area contributed by atoms with Gasteiger partial charge in [0, 0.05) is 16.6 Å². The zero-order chi connectivity index (χ0) is 24.2. The standard InChI is InChI=1S/C25H22FN5O3/c1-14(30-24-19-8-4-7-18(23(27)32)22(19)28-13-29-24)15-5-3-6-17(11-15)31-25(33)16-9-10-21(34-2)20(26)12-16/h3-14H,1-2H3,(H2,27,32)(H,31,33)(H,28,29,30)/t14-/m0/s1. The Morgan fingerprint density at radius 1 is 1.06 bits per heavy atom. The first-order valence-corrected chi connectivity index (χ1v) is 10.4. The van der Waals surface area contributed by atoms with Crippen LogP contribution >= 0.6 is 0 Å². The number of hydrogen-bond acceptors (Lipinski definition) is 6. The lowest BCUT2D eigenvalue weighted by Gasteiger charge is -2.17. The molecule has 4 N–H and O–H groups in total. The molecule has 0 saturated carbocycles. The van der Waals surface area contributed by atoms with Gasteiger partial charge in [0.05, 0.1) is 24.2 Å². The number of methoxy groups -OCH3 is 1. The predicted octanol–water partition coefficient (Wildman–Crippen LogP) is 4.30. The second-order valence-electron chi connectivity index (χ2n) is 7.58. The van der Waals surface area contributed by atoms with Crippen molar-refractivity contribution in [3.05, 3.63) is 89.5 Å². The summed E-state index contributed by atoms with van der Waals surface area (Å²) in [6, 6.07) is 16.2. The molecule has 34 heavy (non-hydrogen) atoms. The third-order valence-electron chi connectivity index (χ3n) is 5.34. The molecule has 9 heteroatoms. The summed E-state index contributed by atoms with van der Waals surface area (Å²) in [4.78, 5) is 32.8. The van der Waals surface area contributed by atoms with Crippen LogP contribution in [0.3, 0.4) is 0 Å². The summed E-state index contributed by atoms with van der Waals surface area (Å²) in [6.45, 7) is 1.94. The van der Waals surface area contributed by atoms with E-state index in [1.54, 1.807) is 24.3 Å². The number of carbonyl (C=O) groups is 2. The van der Waals surface area contributed by atoms with Crippen molar-refractivity contribution in [2.24, 2.45) is 5.73 Å². The van der Waals surface area contributed by atoms with Gasteiger partial charge in [0.25, 0.3) is 11.8 Å². The molecule has 4 aromatic rings. The Labute approximate surface area is 195 Å². The highest BCUT2D eigenvalue weighted by Gasteiger charge is 2.15. The average molecular weight is 459 g/mol. The van der Waals surface area contributed by atoms with Crippen LogP contribution < -0.4 is 21.1 Å². The van der Waals surface area contributed by atoms with Crippen LogP contribution in [0.2, 0.25) is 0 Å². The van der Waals surface area contributed by atoms with Crippen molar-refractivity contribution < 1.29 is 18.7 Å². The molecule has 1 atom stereocenters. The highest BCUT2D eigenvalue weighted by molar-refractivity contribution is 6.07. The number of nitrogens with zero attached hydrogens (tertiary/aromatic N) is 2. The summed E-state index contributed by atoms with van der Waals surface area (Å²) in [6.07, 6.45) is 1.37. The molecule has 0 aliphatic carbocycles. The summed E-state index contributed by atoms with van der Waals surface area (Å²) >= 11 is 0. The number of nitrogens with one attached hydrogen (secondary N) is 2. The van der Waals surface area contributed by atoms with E-state index in [1.165, 1.54) is 25.6 Å². The Kier molecular flexibility index (Phi) is 6.35. The number of aromatic nitrogens is 2. The normalized spacial score (nSPS) is 11.6. The first-order valence-electron chi connectivity index (χ1n) is 10.4. The third kappa shape index (κ3) is 4.63. The van der Waals surface area contributed by atoms with Crippen LogP contribution in [0.25, 0.3) is 10.9 Å². The van der Waals surface area contributed by atoms with E-state index in [0.717, 1.165) is 11.6 Å². The lowest BCUT2D eigenvalue weighted by atomic mass is 10.1. The van der Waals surface area contributed by atoms with Gasteiger partial charge in [0.15, 0.2) is 11.6 Å². The number of rotatable bonds is 7. The Morgan fingerprint density at radius 3 is 2.59 bits per heavy atom. The highest BCUT2D eigenvalue weighted by atomic mass is 19.1. The van der Waals surface area contributed by atoms with E-state index in [4.69, 9.17) is 10.5 Å². The largest absolute Gasteiger partial charge is 0.494 e. The summed E-state index contributed by atoms with van der Waals surface area (Å²) in [5.41, 5.74) is 7.84. The van der Waals surface area contributed by atoms with Gasteiger partial charge >= 0.3 is 0 Å². The topological polar surface area (TPSA) is 119 Å². The van der Waals surface area contributed by atoms with Crippen LogP contribution in [0.15, 0.2) is 67.0 Å². The Balaban J connectivity index is 1.54. The van der Waals surface area contributed by atoms with Gasteiger partial charge in [-0.2, -0.15) is 0 Å². The van der Waals surface area contributed by atoms with Gasteiger partial charge in [-0.25, -0.2) is 14.4 Å². The molecule has 1 aromatic heterocycles. The summed E-state index contributed by atoms with van der Waals surface area (Å²) in [7, 11) is 1.36. The fourth-order valence-corrected chi connectivity index (χ4v) is 3.59. The lowest BCUT2D eigenvalue weighted by molar-refractivity contribution is 0.0998. The molecule has 0 bridgehead atoms. The molecule has 0 saturated heterocycles. The van der Waals surface area contributed by atoms with E-state index < -0.39 is 17.6 Å². The average Bonchev–Trinajstić information content (AvgIpc) is 2.83. The summed E-state index contributed by atoms with van der Waals surface area (Å²) in [5, 5.41) is 6.76. The third-order valence-corrected chi connectivity index (χ3v) is 5.34. The number of halogens is 1. The minimum absolute atomic E-state index is 0.0682. The van der Waals surface area contributed by atoms with Crippen molar-refractivity contribution in [2.75, 3.05) is 17.7 Å². The van der Waals surface area contributed by atoms with E-state index in [-0.39, 0.29) is 17.4 Å². The van der Waals surface area contributed by atoms with Crippen LogP contribution in [0.4, 0.5) is 15.9 Å². The maximum atomic E-state index is 14.0. The van der Waals surface area contributed by atoms with E-state index in [1.807, 2.05) is 25.1 Å². The second-order valence-corrected chi connectivity index (χ2v) is 7.58. The smallest absolute Gasteiger partial charge is 0.255 e. The second kappa shape index (κ2) is 9.53. The number of carbonyl (C=O) groups excluding carboxylic acids is 2. The van der Waals surface area contributed by atoms with Crippen molar-refractivity contribution in [1.82, 2.24) is 9.97 Å². The number of para-hydroxylation sites is 1. The number of primary amides is 1. The van der Waals surface area contributed by atoms with Crippen molar-refractivity contribution >= 4 is 34.2 Å². The number of amides is 2. The molecule has 0 aliphatic heterocycles. The molecule has 0 spiro atoms. The maximum absolute atomic E-state index is 14.0. The summed E-state index contributed by atoms with van der Waals surface area (Å²) in [5.74, 6) is -1.01. The molecule has 172 valence electrons. The van der Waals surface area contributed by atoms with Crippen LogP contribution in [0, 0.1) is 5.82 Å². The first-order chi connectivity index (χ1) is 16.4. The van der Waals surface area contributed by atoms with Crippen LogP contribution in [0.5, 0.6) is 5.75 Å². The minimum Gasteiger partial charge on any atom is -0.494 e. The van der Waals surface area contributed by atoms with E-state index >= 15 is 0 Å². The van der Waals surface area contributed by atoms with Gasteiger partial charge in [-0.1, -0.05) is 18.2 Å². The fourth-order valence-electron chi connectivity index (χ4n) is 3.59. The van der Waals surface area contributed by atoms with E-state index in [2.05, 4.69) is 20.6 Å². The summed E-state index contributed by atoms with van der Waals surface area (Å²) < 4.78 is 18.8. The van der Waals surface area contributed by atoms with Gasteiger partial charge in [0.2, 0.25) is 0 Å². The van der Waals surface area contributed by atoms with Crippen LogP contribution in [0.1, 0.15) is 39.2 Å². The van der Waals surface area contributed by atoms with Gasteiger partial charge in [-0.05, 0) is 55.0 Å². The number of ether oxygens (including phenoxy) is 1. The molecule has 4 rings (SSSR count). The zero-order valence-corrected chi connectivity index (χ0v) is 18.5. The van der Waals surface area contributed by atoms with E-state index in [0.29, 0.717) is 28.0 Å². The minimum atomic E-state index is -0.613.